The molecule has 33 heavy (non-hydrogen) atoms. The molecule has 0 atom stereocenters. The molecule has 2 aliphatic heterocycles. The Kier molecular flexibility index (Phi) is 6.63. The second-order valence-corrected chi connectivity index (χ2v) is 8.13. The highest BCUT2D eigenvalue weighted by Gasteiger charge is 2.26. The Hall–Kier alpha value is -3.80. The third kappa shape index (κ3) is 5.34. The van der Waals surface area contributed by atoms with Crippen molar-refractivity contribution in [2.24, 2.45) is 0 Å². The Bertz CT molecular complexity index is 1120. The molecule has 1 aromatic heterocycles. The fourth-order valence-electron chi connectivity index (χ4n) is 3.40. The van der Waals surface area contributed by atoms with E-state index in [9.17, 15) is 14.4 Å². The molecule has 12 heteroatoms. The number of rotatable bonds is 6. The van der Waals surface area contributed by atoms with Gasteiger partial charge in [-0.3, -0.25) is 14.9 Å². The molecule has 11 nitrogen and oxygen atoms in total. The van der Waals surface area contributed by atoms with Crippen LogP contribution in [0.2, 0.25) is 0 Å². The summed E-state index contributed by atoms with van der Waals surface area (Å²) in [6, 6.07) is 6.66. The van der Waals surface area contributed by atoms with Crippen LogP contribution in [0.3, 0.4) is 0 Å². The summed E-state index contributed by atoms with van der Waals surface area (Å²) in [4.78, 5) is 44.1. The number of nitrogens with one attached hydrogen (secondary N) is 1. The fraction of sp³-hybridized carbons (Fsp3) is 0.286. The molecule has 2 aromatic rings. The van der Waals surface area contributed by atoms with Crippen LogP contribution in [0.15, 0.2) is 35.5 Å². The molecule has 3 heterocycles. The van der Waals surface area contributed by atoms with Crippen molar-refractivity contribution in [2.45, 2.75) is 18.9 Å². The maximum absolute atomic E-state index is 11.9. The smallest absolute Gasteiger partial charge is 0.407 e. The Labute approximate surface area is 192 Å². The van der Waals surface area contributed by atoms with E-state index in [0.29, 0.717) is 48.9 Å². The van der Waals surface area contributed by atoms with Gasteiger partial charge >= 0.3 is 6.09 Å². The summed E-state index contributed by atoms with van der Waals surface area (Å²) >= 11 is 0.810. The maximum Gasteiger partial charge on any atom is 0.407 e. The summed E-state index contributed by atoms with van der Waals surface area (Å²) in [7, 11) is 1.47. The molecule has 1 aromatic carbocycles. The molecule has 0 aliphatic carbocycles. The summed E-state index contributed by atoms with van der Waals surface area (Å²) in [5.74, 6) is 0.767. The van der Waals surface area contributed by atoms with Gasteiger partial charge in [0.25, 0.3) is 11.1 Å². The summed E-state index contributed by atoms with van der Waals surface area (Å²) in [6.45, 7) is 0.797. The number of methoxy groups -OCH3 is 1. The number of ether oxygens (including phenoxy) is 3. The van der Waals surface area contributed by atoms with Gasteiger partial charge in [-0.15, -0.1) is 0 Å². The zero-order valence-electron chi connectivity index (χ0n) is 17.5. The van der Waals surface area contributed by atoms with Crippen molar-refractivity contribution in [3.63, 3.8) is 0 Å². The summed E-state index contributed by atoms with van der Waals surface area (Å²) < 4.78 is 17.2. The minimum Gasteiger partial charge on any atom is -0.492 e. The lowest BCUT2D eigenvalue weighted by molar-refractivity contribution is -0.115. The van der Waals surface area contributed by atoms with Gasteiger partial charge in [0.15, 0.2) is 11.5 Å². The Morgan fingerprint density at radius 1 is 1.24 bits per heavy atom. The maximum atomic E-state index is 11.9. The van der Waals surface area contributed by atoms with E-state index in [1.807, 2.05) is 0 Å². The average Bonchev–Trinajstić information content (AvgIpc) is 3.11. The number of carbonyl (C=O) groups is 3. The molecule has 4 rings (SSSR count). The van der Waals surface area contributed by atoms with E-state index >= 15 is 0 Å². The number of nitrogens with zero attached hydrogens (tertiary/aromatic N) is 3. The SMILES string of the molecule is COc1c(C=C2SC(=O)NC2=O)cccc1Oc1cc(OC2CCN(C(=O)O)CC2)ncn1. The molecule has 0 unspecified atom stereocenters. The standard InChI is InChI=1S/C21H20N4O7S/c1-30-18-12(9-15-19(26)24-20(27)33-15)3-2-4-14(18)32-17-10-16(22-11-23-17)31-13-5-7-25(8-6-13)21(28)29/h2-4,9-11,13H,5-8H2,1H3,(H,28,29)(H,24,26,27). The second kappa shape index (κ2) is 9.77. The number of benzene rings is 1. The molecule has 0 radical (unpaired) electrons. The van der Waals surface area contributed by atoms with Crippen LogP contribution in [-0.2, 0) is 4.79 Å². The fourth-order valence-corrected chi connectivity index (χ4v) is 4.07. The average molecular weight is 472 g/mol. The number of carbonyl (C=O) groups excluding carboxylic acids is 2. The molecule has 172 valence electrons. The Balaban J connectivity index is 1.48. The van der Waals surface area contributed by atoms with Crippen LogP contribution in [-0.4, -0.2) is 63.5 Å². The molecule has 0 bridgehead atoms. The first-order valence-corrected chi connectivity index (χ1v) is 10.8. The molecule has 2 saturated heterocycles. The van der Waals surface area contributed by atoms with Crippen LogP contribution >= 0.6 is 11.8 Å². The van der Waals surface area contributed by atoms with Gasteiger partial charge in [0.2, 0.25) is 11.8 Å². The van der Waals surface area contributed by atoms with E-state index in [1.54, 1.807) is 24.3 Å². The molecule has 2 aliphatic rings. The molecule has 2 N–H and O–H groups in total. The van der Waals surface area contributed by atoms with E-state index < -0.39 is 17.2 Å². The van der Waals surface area contributed by atoms with E-state index in [1.165, 1.54) is 24.4 Å². The van der Waals surface area contributed by atoms with Gasteiger partial charge in [-0.05, 0) is 23.9 Å². The number of thioether (sulfide) groups is 1. The normalized spacial score (nSPS) is 17.7. The number of amides is 3. The van der Waals surface area contributed by atoms with E-state index in [4.69, 9.17) is 19.3 Å². The zero-order valence-corrected chi connectivity index (χ0v) is 18.3. The lowest BCUT2D eigenvalue weighted by Gasteiger charge is -2.29. The Morgan fingerprint density at radius 2 is 2.00 bits per heavy atom. The van der Waals surface area contributed by atoms with Gasteiger partial charge in [0.1, 0.15) is 12.4 Å². The van der Waals surface area contributed by atoms with Gasteiger partial charge in [-0.1, -0.05) is 12.1 Å². The zero-order chi connectivity index (χ0) is 23.4. The number of hydrogen-bond donors (Lipinski definition) is 2. The van der Waals surface area contributed by atoms with Gasteiger partial charge in [0, 0.05) is 31.5 Å². The first-order chi connectivity index (χ1) is 15.9. The van der Waals surface area contributed by atoms with Gasteiger partial charge in [0.05, 0.1) is 18.1 Å². The monoisotopic (exact) mass is 472 g/mol. The second-order valence-electron chi connectivity index (χ2n) is 7.11. The number of piperidine rings is 1. The van der Waals surface area contributed by atoms with Crippen molar-refractivity contribution in [1.29, 1.82) is 0 Å². The molecular weight excluding hydrogens is 452 g/mol. The number of hydrogen-bond acceptors (Lipinski definition) is 9. The number of carboxylic acid groups (broad SMARTS) is 1. The van der Waals surface area contributed by atoms with Crippen molar-refractivity contribution in [2.75, 3.05) is 20.2 Å². The summed E-state index contributed by atoms with van der Waals surface area (Å²) in [6.07, 6.45) is 2.88. The first-order valence-electron chi connectivity index (χ1n) is 9.99. The molecule has 3 amide bonds. The number of imide groups is 1. The van der Waals surface area contributed by atoms with E-state index in [0.717, 1.165) is 11.8 Å². The van der Waals surface area contributed by atoms with Crippen molar-refractivity contribution < 1.29 is 33.7 Å². The highest BCUT2D eigenvalue weighted by Crippen LogP contribution is 2.37. The minimum absolute atomic E-state index is 0.161. The van der Waals surface area contributed by atoms with E-state index in [-0.39, 0.29) is 16.9 Å². The quantitative estimate of drug-likeness (QED) is 0.603. The highest BCUT2D eigenvalue weighted by atomic mass is 32.2. The third-order valence-electron chi connectivity index (χ3n) is 4.97. The van der Waals surface area contributed by atoms with Crippen LogP contribution in [0.4, 0.5) is 9.59 Å². The summed E-state index contributed by atoms with van der Waals surface area (Å²) in [5, 5.41) is 10.8. The van der Waals surface area contributed by atoms with E-state index in [2.05, 4.69) is 15.3 Å². The van der Waals surface area contributed by atoms with Crippen molar-refractivity contribution in [3.8, 4) is 23.3 Å². The minimum atomic E-state index is -0.934. The molecule has 0 spiro atoms. The lowest BCUT2D eigenvalue weighted by Crippen LogP contribution is -2.41. The molecular formula is C21H20N4O7S. The Morgan fingerprint density at radius 3 is 2.67 bits per heavy atom. The number of para-hydroxylation sites is 1. The van der Waals surface area contributed by atoms with Crippen LogP contribution in [0.25, 0.3) is 6.08 Å². The van der Waals surface area contributed by atoms with Crippen LogP contribution < -0.4 is 19.5 Å². The lowest BCUT2D eigenvalue weighted by atomic mass is 10.1. The third-order valence-corrected chi connectivity index (χ3v) is 5.78. The van der Waals surface area contributed by atoms with Crippen molar-refractivity contribution >= 4 is 35.1 Å². The highest BCUT2D eigenvalue weighted by molar-refractivity contribution is 8.18. The first kappa shape index (κ1) is 22.4. The van der Waals surface area contributed by atoms with Crippen LogP contribution in [0.5, 0.6) is 23.3 Å². The van der Waals surface area contributed by atoms with Gasteiger partial charge < -0.3 is 24.2 Å². The predicted octanol–water partition coefficient (Wildman–Crippen LogP) is 3.12. The topological polar surface area (TPSA) is 140 Å². The van der Waals surface area contributed by atoms with Crippen LogP contribution in [0, 0.1) is 0 Å². The van der Waals surface area contributed by atoms with Crippen molar-refractivity contribution in [1.82, 2.24) is 20.2 Å². The number of likely N-dealkylation sites (tertiary alicyclic amines) is 1. The van der Waals surface area contributed by atoms with Gasteiger partial charge in [-0.25, -0.2) is 14.8 Å². The summed E-state index contributed by atoms with van der Waals surface area (Å²) in [5.41, 5.74) is 0.554. The van der Waals surface area contributed by atoms with Gasteiger partial charge in [-0.2, -0.15) is 0 Å². The largest absolute Gasteiger partial charge is 0.492 e. The molecule has 2 fully saturated rings. The van der Waals surface area contributed by atoms with Crippen molar-refractivity contribution in [3.05, 3.63) is 41.1 Å². The number of aromatic nitrogens is 2. The molecule has 0 saturated carbocycles. The van der Waals surface area contributed by atoms with Crippen LogP contribution in [0.1, 0.15) is 18.4 Å². The predicted molar refractivity (Wildman–Crippen MR) is 117 cm³/mol.